The normalized spacial score (nSPS) is 15.7. The second-order valence-electron chi connectivity index (χ2n) is 5.71. The minimum Gasteiger partial charge on any atom is -0.453 e. The molecular weight excluding hydrogens is 316 g/mol. The average Bonchev–Trinajstić information content (AvgIpc) is 3.00. The van der Waals surface area contributed by atoms with E-state index in [0.717, 1.165) is 29.9 Å². The largest absolute Gasteiger partial charge is 0.453 e. The number of piperidine rings is 1. The molecule has 0 unspecified atom stereocenters. The molecule has 3 heterocycles. The topological polar surface area (TPSA) is 60.2 Å². The number of rotatable bonds is 2. The van der Waals surface area contributed by atoms with Gasteiger partial charge >= 0.3 is 6.09 Å². The number of carbonyl (C=O) groups is 1. The molecule has 0 aliphatic carbocycles. The Labute approximate surface area is 140 Å². The van der Waals surface area contributed by atoms with Crippen molar-refractivity contribution in [1.82, 2.24) is 19.7 Å². The van der Waals surface area contributed by atoms with E-state index in [0.29, 0.717) is 24.2 Å². The van der Waals surface area contributed by atoms with Crippen LogP contribution in [0.15, 0.2) is 24.4 Å². The highest BCUT2D eigenvalue weighted by molar-refractivity contribution is 6.29. The minimum absolute atomic E-state index is 0.260. The molecule has 23 heavy (non-hydrogen) atoms. The van der Waals surface area contributed by atoms with Gasteiger partial charge in [-0.25, -0.2) is 14.5 Å². The molecule has 0 N–H and O–H groups in total. The van der Waals surface area contributed by atoms with Gasteiger partial charge in [0.1, 0.15) is 5.15 Å². The summed E-state index contributed by atoms with van der Waals surface area (Å²) in [6.45, 7) is 3.31. The van der Waals surface area contributed by atoms with Crippen LogP contribution in [0.1, 0.15) is 30.0 Å². The van der Waals surface area contributed by atoms with E-state index in [-0.39, 0.29) is 6.09 Å². The summed E-state index contributed by atoms with van der Waals surface area (Å²) in [5.41, 5.74) is 2.07. The van der Waals surface area contributed by atoms with E-state index in [1.807, 2.05) is 31.3 Å². The van der Waals surface area contributed by atoms with Gasteiger partial charge in [0.25, 0.3) is 0 Å². The first-order valence-corrected chi connectivity index (χ1v) is 7.97. The van der Waals surface area contributed by atoms with Crippen LogP contribution in [0.4, 0.5) is 4.79 Å². The van der Waals surface area contributed by atoms with Gasteiger partial charge in [-0.1, -0.05) is 11.6 Å². The fourth-order valence-corrected chi connectivity index (χ4v) is 3.14. The van der Waals surface area contributed by atoms with Crippen LogP contribution in [0.2, 0.25) is 5.15 Å². The molecule has 2 aromatic heterocycles. The number of aryl methyl sites for hydroxylation is 1. The van der Waals surface area contributed by atoms with Crippen molar-refractivity contribution in [2.24, 2.45) is 0 Å². The molecule has 0 atom stereocenters. The molecule has 0 aromatic carbocycles. The Morgan fingerprint density at radius 3 is 2.70 bits per heavy atom. The zero-order chi connectivity index (χ0) is 16.4. The molecule has 6 nitrogen and oxygen atoms in total. The van der Waals surface area contributed by atoms with Crippen molar-refractivity contribution < 1.29 is 9.53 Å². The molecule has 2 aromatic rings. The molecule has 1 fully saturated rings. The van der Waals surface area contributed by atoms with Gasteiger partial charge in [-0.3, -0.25) is 0 Å². The number of methoxy groups -OCH3 is 1. The standard InChI is InChI=1S/C16H19ClN4O2/c1-11-3-8-21(19-11)15-10-13(9-14(17)18-15)12-4-6-20(7-5-12)16(22)23-2/h3,8-10,12H,4-7H2,1-2H3. The van der Waals surface area contributed by atoms with Crippen molar-refractivity contribution in [3.05, 3.63) is 40.8 Å². The van der Waals surface area contributed by atoms with Crippen molar-refractivity contribution in [2.45, 2.75) is 25.7 Å². The van der Waals surface area contributed by atoms with Gasteiger partial charge in [0.15, 0.2) is 5.82 Å². The van der Waals surface area contributed by atoms with Crippen LogP contribution in [0.25, 0.3) is 5.82 Å². The van der Waals surface area contributed by atoms with Gasteiger partial charge in [-0.05, 0) is 49.4 Å². The Kier molecular flexibility index (Phi) is 4.52. The number of pyridine rings is 1. The lowest BCUT2D eigenvalue weighted by Crippen LogP contribution is -2.37. The molecule has 0 saturated carbocycles. The van der Waals surface area contributed by atoms with Crippen LogP contribution >= 0.6 is 11.6 Å². The number of hydrogen-bond donors (Lipinski definition) is 0. The Morgan fingerprint density at radius 1 is 1.35 bits per heavy atom. The number of likely N-dealkylation sites (tertiary alicyclic amines) is 1. The summed E-state index contributed by atoms with van der Waals surface area (Å²) >= 11 is 6.19. The second-order valence-corrected chi connectivity index (χ2v) is 6.10. The summed E-state index contributed by atoms with van der Waals surface area (Å²) in [6, 6.07) is 5.85. The third kappa shape index (κ3) is 3.47. The first kappa shape index (κ1) is 15.8. The first-order chi connectivity index (χ1) is 11.1. The summed E-state index contributed by atoms with van der Waals surface area (Å²) in [5, 5.41) is 4.84. The number of carbonyl (C=O) groups excluding carboxylic acids is 1. The third-order valence-electron chi connectivity index (χ3n) is 4.16. The quantitative estimate of drug-likeness (QED) is 0.791. The average molecular weight is 335 g/mol. The van der Waals surface area contributed by atoms with Gasteiger partial charge in [0, 0.05) is 19.3 Å². The lowest BCUT2D eigenvalue weighted by Gasteiger charge is -2.31. The maximum Gasteiger partial charge on any atom is 0.409 e. The van der Waals surface area contributed by atoms with E-state index in [4.69, 9.17) is 16.3 Å². The number of aromatic nitrogens is 3. The summed E-state index contributed by atoms with van der Waals surface area (Å²) < 4.78 is 6.50. The molecule has 0 spiro atoms. The van der Waals surface area contributed by atoms with E-state index >= 15 is 0 Å². The van der Waals surface area contributed by atoms with Crippen LogP contribution in [0.3, 0.4) is 0 Å². The number of hydrogen-bond acceptors (Lipinski definition) is 4. The van der Waals surface area contributed by atoms with Gasteiger partial charge in [0.2, 0.25) is 0 Å². The summed E-state index contributed by atoms with van der Waals surface area (Å²) in [7, 11) is 1.41. The number of halogens is 1. The Bertz CT molecular complexity index is 708. The van der Waals surface area contributed by atoms with E-state index in [9.17, 15) is 4.79 Å². The molecule has 7 heteroatoms. The van der Waals surface area contributed by atoms with Crippen molar-refractivity contribution >= 4 is 17.7 Å². The summed E-state index contributed by atoms with van der Waals surface area (Å²) in [4.78, 5) is 17.6. The van der Waals surface area contributed by atoms with Crippen LogP contribution in [0.5, 0.6) is 0 Å². The maximum atomic E-state index is 11.6. The fourth-order valence-electron chi connectivity index (χ4n) is 2.92. The number of amides is 1. The highest BCUT2D eigenvalue weighted by Gasteiger charge is 2.25. The van der Waals surface area contributed by atoms with E-state index < -0.39 is 0 Å². The van der Waals surface area contributed by atoms with Crippen LogP contribution in [0, 0.1) is 6.92 Å². The molecule has 1 saturated heterocycles. The van der Waals surface area contributed by atoms with Gasteiger partial charge in [-0.2, -0.15) is 5.10 Å². The SMILES string of the molecule is COC(=O)N1CCC(c2cc(Cl)nc(-n3ccc(C)n3)c2)CC1. The summed E-state index contributed by atoms with van der Waals surface area (Å²) in [6.07, 6.45) is 3.38. The lowest BCUT2D eigenvalue weighted by molar-refractivity contribution is 0.112. The van der Waals surface area contributed by atoms with Crippen LogP contribution in [-0.4, -0.2) is 46.0 Å². The minimum atomic E-state index is -0.260. The van der Waals surface area contributed by atoms with E-state index in [1.165, 1.54) is 7.11 Å². The maximum absolute atomic E-state index is 11.6. The Morgan fingerprint density at radius 2 is 2.09 bits per heavy atom. The predicted molar refractivity (Wildman–Crippen MR) is 87.1 cm³/mol. The van der Waals surface area contributed by atoms with Crippen LogP contribution in [-0.2, 0) is 4.74 Å². The molecule has 1 aliphatic rings. The molecule has 3 rings (SSSR count). The second kappa shape index (κ2) is 6.58. The van der Waals surface area contributed by atoms with E-state index in [2.05, 4.69) is 10.1 Å². The first-order valence-electron chi connectivity index (χ1n) is 7.60. The molecule has 122 valence electrons. The highest BCUT2D eigenvalue weighted by Crippen LogP contribution is 2.30. The zero-order valence-electron chi connectivity index (χ0n) is 13.2. The monoisotopic (exact) mass is 334 g/mol. The highest BCUT2D eigenvalue weighted by atomic mass is 35.5. The van der Waals surface area contributed by atoms with Crippen LogP contribution < -0.4 is 0 Å². The Balaban J connectivity index is 1.79. The molecule has 0 bridgehead atoms. The van der Waals surface area contributed by atoms with Gasteiger partial charge in [0.05, 0.1) is 12.8 Å². The lowest BCUT2D eigenvalue weighted by atomic mass is 9.90. The number of nitrogens with zero attached hydrogens (tertiary/aromatic N) is 4. The van der Waals surface area contributed by atoms with Crippen molar-refractivity contribution in [2.75, 3.05) is 20.2 Å². The predicted octanol–water partition coefficient (Wildman–Crippen LogP) is 3.17. The molecule has 1 amide bonds. The smallest absolute Gasteiger partial charge is 0.409 e. The molecule has 1 aliphatic heterocycles. The Hall–Kier alpha value is -2.08. The zero-order valence-corrected chi connectivity index (χ0v) is 14.0. The van der Waals surface area contributed by atoms with Crippen molar-refractivity contribution in [3.8, 4) is 5.82 Å². The molecule has 0 radical (unpaired) electrons. The third-order valence-corrected chi connectivity index (χ3v) is 4.35. The summed E-state index contributed by atoms with van der Waals surface area (Å²) in [5.74, 6) is 1.07. The number of ether oxygens (including phenoxy) is 1. The van der Waals surface area contributed by atoms with Gasteiger partial charge < -0.3 is 9.64 Å². The van der Waals surface area contributed by atoms with E-state index in [1.54, 1.807) is 9.58 Å². The van der Waals surface area contributed by atoms with Crippen molar-refractivity contribution in [3.63, 3.8) is 0 Å². The van der Waals surface area contributed by atoms with Crippen molar-refractivity contribution in [1.29, 1.82) is 0 Å². The van der Waals surface area contributed by atoms with Gasteiger partial charge in [-0.15, -0.1) is 0 Å². The fraction of sp³-hybridized carbons (Fsp3) is 0.438. The molecular formula is C16H19ClN4O2.